The van der Waals surface area contributed by atoms with Crippen LogP contribution in [0.4, 0.5) is 0 Å². The van der Waals surface area contributed by atoms with Crippen LogP contribution in [0.25, 0.3) is 0 Å². The van der Waals surface area contributed by atoms with Crippen LogP contribution >= 0.6 is 22.6 Å². The number of carbonyl (C=O) groups excluding carboxylic acids is 1. The maximum atomic E-state index is 11.1. The van der Waals surface area contributed by atoms with E-state index in [-0.39, 0.29) is 22.9 Å². The average molecular weight is 324 g/mol. The van der Waals surface area contributed by atoms with Gasteiger partial charge in [0.05, 0.1) is 0 Å². The third-order valence-electron chi connectivity index (χ3n) is 4.48. The SMILES string of the molecule is CC(=O)OC1CC(CI)C(C)(C)C1(C)C. The van der Waals surface area contributed by atoms with Crippen molar-refractivity contribution >= 4 is 28.6 Å². The molecule has 2 atom stereocenters. The zero-order valence-corrected chi connectivity index (χ0v) is 12.4. The molecular formula is C12H21IO2. The largest absolute Gasteiger partial charge is 0.462 e. The summed E-state index contributed by atoms with van der Waals surface area (Å²) in [5.74, 6) is 0.482. The summed E-state index contributed by atoms with van der Waals surface area (Å²) in [5, 5.41) is 0. The highest BCUT2D eigenvalue weighted by Gasteiger charge is 2.55. The summed E-state index contributed by atoms with van der Waals surface area (Å²) >= 11 is 2.43. The molecule has 0 bridgehead atoms. The summed E-state index contributed by atoms with van der Waals surface area (Å²) in [7, 11) is 0. The number of esters is 1. The van der Waals surface area contributed by atoms with Gasteiger partial charge < -0.3 is 4.74 Å². The lowest BCUT2D eigenvalue weighted by atomic mass is 9.67. The van der Waals surface area contributed by atoms with Crippen LogP contribution in [0.2, 0.25) is 0 Å². The van der Waals surface area contributed by atoms with E-state index in [1.165, 1.54) is 6.92 Å². The van der Waals surface area contributed by atoms with Crippen molar-refractivity contribution in [3.8, 4) is 0 Å². The lowest BCUT2D eigenvalue weighted by Crippen LogP contribution is -2.39. The van der Waals surface area contributed by atoms with Crippen molar-refractivity contribution in [3.05, 3.63) is 0 Å². The zero-order chi connectivity index (χ0) is 11.9. The van der Waals surface area contributed by atoms with Crippen LogP contribution in [0.3, 0.4) is 0 Å². The monoisotopic (exact) mass is 324 g/mol. The Bertz CT molecular complexity index is 258. The minimum atomic E-state index is -0.155. The predicted octanol–water partition coefficient (Wildman–Crippen LogP) is 3.43. The normalized spacial score (nSPS) is 32.7. The quantitative estimate of drug-likeness (QED) is 0.442. The highest BCUT2D eigenvalue weighted by molar-refractivity contribution is 14.1. The second-order valence-corrected chi connectivity index (χ2v) is 6.51. The van der Waals surface area contributed by atoms with Crippen LogP contribution in [0.5, 0.6) is 0 Å². The van der Waals surface area contributed by atoms with Crippen LogP contribution in [-0.2, 0) is 9.53 Å². The van der Waals surface area contributed by atoms with E-state index >= 15 is 0 Å². The highest BCUT2D eigenvalue weighted by atomic mass is 127. The summed E-state index contributed by atoms with van der Waals surface area (Å²) in [6.07, 6.45) is 1.08. The summed E-state index contributed by atoms with van der Waals surface area (Å²) in [6, 6.07) is 0. The van der Waals surface area contributed by atoms with E-state index in [1.807, 2.05) is 0 Å². The highest BCUT2D eigenvalue weighted by Crippen LogP contribution is 2.57. The van der Waals surface area contributed by atoms with E-state index in [0.29, 0.717) is 5.92 Å². The molecule has 1 aliphatic carbocycles. The Labute approximate surface area is 106 Å². The maximum absolute atomic E-state index is 11.1. The Kier molecular flexibility index (Phi) is 3.74. The topological polar surface area (TPSA) is 26.3 Å². The van der Waals surface area contributed by atoms with E-state index in [2.05, 4.69) is 50.3 Å². The molecule has 0 radical (unpaired) electrons. The van der Waals surface area contributed by atoms with Crippen molar-refractivity contribution < 1.29 is 9.53 Å². The van der Waals surface area contributed by atoms with Gasteiger partial charge in [0.25, 0.3) is 0 Å². The van der Waals surface area contributed by atoms with Gasteiger partial charge in [-0.15, -0.1) is 0 Å². The first-order chi connectivity index (χ1) is 6.73. The molecule has 1 saturated carbocycles. The molecule has 0 aromatic heterocycles. The van der Waals surface area contributed by atoms with E-state index in [0.717, 1.165) is 10.8 Å². The summed E-state index contributed by atoms with van der Waals surface area (Å²) < 4.78 is 6.58. The molecule has 1 fully saturated rings. The number of rotatable bonds is 2. The summed E-state index contributed by atoms with van der Waals surface area (Å²) in [5.41, 5.74) is 0.294. The molecule has 1 rings (SSSR count). The fourth-order valence-electron chi connectivity index (χ4n) is 2.44. The van der Waals surface area contributed by atoms with Gasteiger partial charge in [0, 0.05) is 16.8 Å². The molecule has 2 unspecified atom stereocenters. The maximum Gasteiger partial charge on any atom is 0.302 e. The second kappa shape index (κ2) is 4.22. The Morgan fingerprint density at radius 2 is 1.87 bits per heavy atom. The molecule has 15 heavy (non-hydrogen) atoms. The van der Waals surface area contributed by atoms with Crippen molar-refractivity contribution in [2.45, 2.75) is 47.1 Å². The number of carbonyl (C=O) groups is 1. The standard InChI is InChI=1S/C12H21IO2/c1-8(14)15-10-6-9(7-13)11(2,3)12(10,4)5/h9-10H,6-7H2,1-5H3. The molecule has 3 heteroatoms. The van der Waals surface area contributed by atoms with E-state index in [9.17, 15) is 4.79 Å². The number of halogens is 1. The van der Waals surface area contributed by atoms with Gasteiger partial charge >= 0.3 is 5.97 Å². The van der Waals surface area contributed by atoms with Gasteiger partial charge in [-0.3, -0.25) is 4.79 Å². The van der Waals surface area contributed by atoms with Gasteiger partial charge in [0.15, 0.2) is 0 Å². The van der Waals surface area contributed by atoms with Crippen molar-refractivity contribution in [2.24, 2.45) is 16.7 Å². The molecule has 0 amide bonds. The van der Waals surface area contributed by atoms with Crippen LogP contribution in [0.1, 0.15) is 41.0 Å². The smallest absolute Gasteiger partial charge is 0.302 e. The van der Waals surface area contributed by atoms with Crippen LogP contribution in [-0.4, -0.2) is 16.5 Å². The zero-order valence-electron chi connectivity index (χ0n) is 10.3. The van der Waals surface area contributed by atoms with Crippen LogP contribution < -0.4 is 0 Å². The average Bonchev–Trinajstić information content (AvgIpc) is 2.24. The first-order valence-electron chi connectivity index (χ1n) is 5.46. The minimum absolute atomic E-state index is 0.0640. The molecule has 2 nitrogen and oxygen atoms in total. The Morgan fingerprint density at radius 3 is 2.20 bits per heavy atom. The van der Waals surface area contributed by atoms with Gasteiger partial charge in [0.1, 0.15) is 6.10 Å². The van der Waals surface area contributed by atoms with Crippen molar-refractivity contribution in [2.75, 3.05) is 4.43 Å². The molecule has 0 saturated heterocycles. The third-order valence-corrected chi connectivity index (χ3v) is 5.54. The Balaban J connectivity index is 2.91. The van der Waals surface area contributed by atoms with Crippen LogP contribution in [0, 0.1) is 16.7 Å². The van der Waals surface area contributed by atoms with Crippen molar-refractivity contribution in [1.29, 1.82) is 0 Å². The first kappa shape index (κ1) is 13.3. The Morgan fingerprint density at radius 1 is 1.33 bits per heavy atom. The number of hydrogen-bond acceptors (Lipinski definition) is 2. The van der Waals surface area contributed by atoms with E-state index in [1.54, 1.807) is 0 Å². The van der Waals surface area contributed by atoms with Gasteiger partial charge in [0.2, 0.25) is 0 Å². The summed E-state index contributed by atoms with van der Waals surface area (Å²) in [6.45, 7) is 10.5. The molecule has 0 heterocycles. The van der Waals surface area contributed by atoms with E-state index < -0.39 is 0 Å². The minimum Gasteiger partial charge on any atom is -0.462 e. The molecule has 0 spiro atoms. The number of alkyl halides is 1. The van der Waals surface area contributed by atoms with Crippen LogP contribution in [0.15, 0.2) is 0 Å². The lowest BCUT2D eigenvalue weighted by Gasteiger charge is -2.40. The number of hydrogen-bond donors (Lipinski definition) is 0. The predicted molar refractivity (Wildman–Crippen MR) is 70.1 cm³/mol. The fraction of sp³-hybridized carbons (Fsp3) is 0.917. The van der Waals surface area contributed by atoms with Crippen molar-refractivity contribution in [3.63, 3.8) is 0 Å². The Hall–Kier alpha value is 0.200. The molecule has 0 aromatic rings. The van der Waals surface area contributed by atoms with Gasteiger partial charge in [-0.05, 0) is 17.8 Å². The lowest BCUT2D eigenvalue weighted by molar-refractivity contribution is -0.152. The van der Waals surface area contributed by atoms with Gasteiger partial charge in [-0.2, -0.15) is 0 Å². The third kappa shape index (κ3) is 2.17. The first-order valence-corrected chi connectivity index (χ1v) is 6.99. The molecule has 1 aliphatic rings. The summed E-state index contributed by atoms with van der Waals surface area (Å²) in [4.78, 5) is 11.1. The second-order valence-electron chi connectivity index (χ2n) is 5.63. The molecule has 88 valence electrons. The molecule has 0 aliphatic heterocycles. The van der Waals surface area contributed by atoms with Gasteiger partial charge in [-0.1, -0.05) is 50.3 Å². The van der Waals surface area contributed by atoms with Crippen molar-refractivity contribution in [1.82, 2.24) is 0 Å². The number of ether oxygens (including phenoxy) is 1. The van der Waals surface area contributed by atoms with Gasteiger partial charge in [-0.25, -0.2) is 0 Å². The molecule has 0 aromatic carbocycles. The van der Waals surface area contributed by atoms with E-state index in [4.69, 9.17) is 4.74 Å². The molecule has 0 N–H and O–H groups in total. The molecular weight excluding hydrogens is 303 g/mol. The fourth-order valence-corrected chi connectivity index (χ4v) is 3.90.